The Morgan fingerprint density at radius 3 is 2.95 bits per heavy atom. The maximum absolute atomic E-state index is 10.1. The molecule has 0 bridgehead atoms. The lowest BCUT2D eigenvalue weighted by Crippen LogP contribution is -2.50. The van der Waals surface area contributed by atoms with E-state index in [-0.39, 0.29) is 6.10 Å². The molecule has 0 aromatic carbocycles. The smallest absolute Gasteiger partial charge is 0.169 e. The third-order valence-corrected chi connectivity index (χ3v) is 4.72. The predicted octanol–water partition coefficient (Wildman–Crippen LogP) is 2.40. The Hall–Kier alpha value is -0.360. The Morgan fingerprint density at radius 2 is 2.26 bits per heavy atom. The largest absolute Gasteiger partial charge is 0.453 e. The lowest BCUT2D eigenvalue weighted by atomic mass is 9.94. The minimum absolute atomic E-state index is 0.169. The summed E-state index contributed by atoms with van der Waals surface area (Å²) in [5.41, 5.74) is 0. The van der Waals surface area contributed by atoms with Gasteiger partial charge in [0.2, 0.25) is 0 Å². The summed E-state index contributed by atoms with van der Waals surface area (Å²) in [5.74, 6) is 1.31. The van der Waals surface area contributed by atoms with Crippen LogP contribution in [0.15, 0.2) is 21.2 Å². The van der Waals surface area contributed by atoms with Crippen LogP contribution in [0, 0.1) is 5.92 Å². The molecule has 1 saturated heterocycles. The van der Waals surface area contributed by atoms with E-state index in [0.29, 0.717) is 12.0 Å². The van der Waals surface area contributed by atoms with Crippen molar-refractivity contribution < 1.29 is 14.3 Å². The number of hydrogen-bond donors (Lipinski definition) is 1. The summed E-state index contributed by atoms with van der Waals surface area (Å²) in [6.07, 6.45) is 3.00. The zero-order chi connectivity index (χ0) is 13.2. The van der Waals surface area contributed by atoms with Crippen molar-refractivity contribution in [2.24, 2.45) is 5.92 Å². The summed E-state index contributed by atoms with van der Waals surface area (Å²) in [5, 5.41) is 10.1. The Kier molecular flexibility index (Phi) is 4.27. The summed E-state index contributed by atoms with van der Waals surface area (Å²) in [6.45, 7) is 3.19. The standard InChI is InChI=1S/C14H20BrNO3/c15-14-5-4-10(19-14)8-16-6-7-18-9-12(16)11-2-1-3-13(11)17/h4-5,11-13,17H,1-3,6-9H2/t11-,12-,13-/m1/s1. The second kappa shape index (κ2) is 5.95. The van der Waals surface area contributed by atoms with Gasteiger partial charge in [0, 0.05) is 18.5 Å². The van der Waals surface area contributed by atoms with Crippen molar-refractivity contribution in [1.82, 2.24) is 4.90 Å². The van der Waals surface area contributed by atoms with Crippen LogP contribution in [0.3, 0.4) is 0 Å². The van der Waals surface area contributed by atoms with E-state index in [1.165, 1.54) is 0 Å². The number of rotatable bonds is 3. The van der Waals surface area contributed by atoms with Crippen LogP contribution in [-0.4, -0.2) is 41.9 Å². The number of nitrogens with zero attached hydrogens (tertiary/aromatic N) is 1. The van der Waals surface area contributed by atoms with Gasteiger partial charge in [-0.15, -0.1) is 0 Å². The molecule has 0 radical (unpaired) electrons. The molecular formula is C14H20BrNO3. The number of furan rings is 1. The number of morpholine rings is 1. The van der Waals surface area contributed by atoms with E-state index in [4.69, 9.17) is 9.15 Å². The minimum atomic E-state index is -0.169. The van der Waals surface area contributed by atoms with Gasteiger partial charge in [0.1, 0.15) is 5.76 Å². The van der Waals surface area contributed by atoms with E-state index < -0.39 is 0 Å². The van der Waals surface area contributed by atoms with E-state index in [9.17, 15) is 5.11 Å². The van der Waals surface area contributed by atoms with Crippen LogP contribution >= 0.6 is 15.9 Å². The van der Waals surface area contributed by atoms with Crippen LogP contribution in [0.1, 0.15) is 25.0 Å². The first-order valence-electron chi connectivity index (χ1n) is 6.98. The van der Waals surface area contributed by atoms with Crippen LogP contribution in [0.2, 0.25) is 0 Å². The number of hydrogen-bond acceptors (Lipinski definition) is 4. The summed E-state index contributed by atoms with van der Waals surface area (Å²) in [7, 11) is 0. The molecule has 1 saturated carbocycles. The molecule has 0 spiro atoms. The summed E-state index contributed by atoms with van der Waals surface area (Å²) >= 11 is 3.34. The fourth-order valence-corrected chi connectivity index (χ4v) is 3.64. The van der Waals surface area contributed by atoms with Gasteiger partial charge in [-0.3, -0.25) is 4.90 Å². The molecule has 1 aliphatic heterocycles. The van der Waals surface area contributed by atoms with Crippen molar-refractivity contribution in [1.29, 1.82) is 0 Å². The lowest BCUT2D eigenvalue weighted by molar-refractivity contribution is -0.0557. The number of halogens is 1. The van der Waals surface area contributed by atoms with Crippen molar-refractivity contribution in [3.8, 4) is 0 Å². The highest BCUT2D eigenvalue weighted by atomic mass is 79.9. The van der Waals surface area contributed by atoms with Gasteiger partial charge in [0.25, 0.3) is 0 Å². The van der Waals surface area contributed by atoms with Gasteiger partial charge >= 0.3 is 0 Å². The molecule has 19 heavy (non-hydrogen) atoms. The molecule has 5 heteroatoms. The van der Waals surface area contributed by atoms with Crippen molar-refractivity contribution in [2.45, 2.75) is 38.0 Å². The topological polar surface area (TPSA) is 45.8 Å². The van der Waals surface area contributed by atoms with E-state index in [0.717, 1.165) is 56.0 Å². The molecule has 1 aromatic heterocycles. The van der Waals surface area contributed by atoms with Crippen LogP contribution in [0.4, 0.5) is 0 Å². The Morgan fingerprint density at radius 1 is 1.37 bits per heavy atom. The van der Waals surface area contributed by atoms with E-state index in [2.05, 4.69) is 20.8 Å². The first-order valence-corrected chi connectivity index (χ1v) is 7.77. The maximum Gasteiger partial charge on any atom is 0.169 e. The average molecular weight is 330 g/mol. The molecule has 3 rings (SSSR count). The molecule has 1 aliphatic carbocycles. The Bertz CT molecular complexity index is 423. The molecule has 1 N–H and O–H groups in total. The van der Waals surface area contributed by atoms with Crippen molar-refractivity contribution in [3.05, 3.63) is 22.6 Å². The maximum atomic E-state index is 10.1. The number of ether oxygens (including phenoxy) is 1. The van der Waals surface area contributed by atoms with Gasteiger partial charge in [-0.05, 0) is 40.9 Å². The molecule has 2 fully saturated rings. The second-order valence-corrected chi connectivity index (χ2v) is 6.26. The van der Waals surface area contributed by atoms with Gasteiger partial charge in [0.05, 0.1) is 25.9 Å². The first-order chi connectivity index (χ1) is 9.24. The van der Waals surface area contributed by atoms with Crippen LogP contribution < -0.4 is 0 Å². The van der Waals surface area contributed by atoms with Crippen molar-refractivity contribution in [3.63, 3.8) is 0 Å². The minimum Gasteiger partial charge on any atom is -0.453 e. The predicted molar refractivity (Wildman–Crippen MR) is 74.8 cm³/mol. The highest BCUT2D eigenvalue weighted by Gasteiger charge is 2.37. The molecule has 3 atom stereocenters. The fourth-order valence-electron chi connectivity index (χ4n) is 3.30. The van der Waals surface area contributed by atoms with Crippen molar-refractivity contribution in [2.75, 3.05) is 19.8 Å². The van der Waals surface area contributed by atoms with E-state index in [1.807, 2.05) is 12.1 Å². The van der Waals surface area contributed by atoms with Gasteiger partial charge < -0.3 is 14.3 Å². The van der Waals surface area contributed by atoms with Gasteiger partial charge in [-0.1, -0.05) is 6.42 Å². The van der Waals surface area contributed by atoms with Crippen LogP contribution in [0.5, 0.6) is 0 Å². The second-order valence-electron chi connectivity index (χ2n) is 5.48. The lowest BCUT2D eigenvalue weighted by Gasteiger charge is -2.39. The number of aliphatic hydroxyl groups excluding tert-OH is 1. The quantitative estimate of drug-likeness (QED) is 0.924. The number of aliphatic hydroxyl groups is 1. The third kappa shape index (κ3) is 3.05. The van der Waals surface area contributed by atoms with Crippen LogP contribution in [0.25, 0.3) is 0 Å². The molecule has 0 amide bonds. The third-order valence-electron chi connectivity index (χ3n) is 4.29. The van der Waals surface area contributed by atoms with Gasteiger partial charge in [-0.25, -0.2) is 0 Å². The molecular weight excluding hydrogens is 310 g/mol. The van der Waals surface area contributed by atoms with E-state index >= 15 is 0 Å². The molecule has 2 aliphatic rings. The Labute approximate surface area is 121 Å². The highest BCUT2D eigenvalue weighted by molar-refractivity contribution is 9.10. The normalized spacial score (nSPS) is 32.8. The molecule has 106 valence electrons. The van der Waals surface area contributed by atoms with Crippen molar-refractivity contribution >= 4 is 15.9 Å². The molecule has 2 heterocycles. The summed E-state index contributed by atoms with van der Waals surface area (Å²) in [6, 6.07) is 4.24. The molecule has 1 aromatic rings. The fraction of sp³-hybridized carbons (Fsp3) is 0.714. The van der Waals surface area contributed by atoms with Gasteiger partial charge in [-0.2, -0.15) is 0 Å². The first kappa shape index (κ1) is 13.6. The molecule has 0 unspecified atom stereocenters. The monoisotopic (exact) mass is 329 g/mol. The van der Waals surface area contributed by atoms with E-state index in [1.54, 1.807) is 0 Å². The Balaban J connectivity index is 1.70. The summed E-state index contributed by atoms with van der Waals surface area (Å²) in [4.78, 5) is 2.40. The molecule has 4 nitrogen and oxygen atoms in total. The zero-order valence-electron chi connectivity index (χ0n) is 10.9. The summed E-state index contributed by atoms with van der Waals surface area (Å²) < 4.78 is 12.0. The van der Waals surface area contributed by atoms with Gasteiger partial charge in [0.15, 0.2) is 4.67 Å². The average Bonchev–Trinajstić information content (AvgIpc) is 2.99. The zero-order valence-corrected chi connectivity index (χ0v) is 12.5. The SMILES string of the molecule is O[C@@H]1CCC[C@@H]1[C@H]1COCCN1Cc1ccc(Br)o1. The van der Waals surface area contributed by atoms with Crippen LogP contribution in [-0.2, 0) is 11.3 Å². The highest BCUT2D eigenvalue weighted by Crippen LogP contribution is 2.33.